The molecule has 0 unspecified atom stereocenters. The fourth-order valence-electron chi connectivity index (χ4n) is 9.43. The molecule has 0 radical (unpaired) electrons. The van der Waals surface area contributed by atoms with Crippen LogP contribution >= 0.6 is 0 Å². The second-order valence-corrected chi connectivity index (χ2v) is 16.1. The molecule has 0 saturated carbocycles. The van der Waals surface area contributed by atoms with Gasteiger partial charge in [0.1, 0.15) is 11.2 Å². The Labute approximate surface area is 366 Å². The summed E-state index contributed by atoms with van der Waals surface area (Å²) in [4.78, 5) is 2.39. The van der Waals surface area contributed by atoms with Gasteiger partial charge < -0.3 is 13.9 Å². The van der Waals surface area contributed by atoms with Gasteiger partial charge in [-0.05, 0) is 100 Å². The average molecular weight is 805 g/mol. The Morgan fingerprint density at radius 2 is 0.841 bits per heavy atom. The molecule has 0 N–H and O–H groups in total. The summed E-state index contributed by atoms with van der Waals surface area (Å²) in [5, 5.41) is 4.75. The Bertz CT molecular complexity index is 3560. The molecule has 3 heteroatoms. The number of rotatable bonds is 8. The Morgan fingerprint density at radius 3 is 1.60 bits per heavy atom. The van der Waals surface area contributed by atoms with E-state index in [-0.39, 0.29) is 0 Å². The topological polar surface area (TPSA) is 21.3 Å². The zero-order valence-electron chi connectivity index (χ0n) is 34.4. The number of nitrogens with zero attached hydrogens (tertiary/aromatic N) is 2. The molecule has 0 amide bonds. The summed E-state index contributed by atoms with van der Waals surface area (Å²) in [6, 6.07) is 87.1. The molecule has 12 aromatic rings. The minimum Gasteiger partial charge on any atom is -0.456 e. The summed E-state index contributed by atoms with van der Waals surface area (Å²) >= 11 is 0. The van der Waals surface area contributed by atoms with Gasteiger partial charge in [0.25, 0.3) is 0 Å². The van der Waals surface area contributed by atoms with E-state index in [0.29, 0.717) is 0 Å². The number of fused-ring (bicyclic) bond motifs is 6. The lowest BCUT2D eigenvalue weighted by molar-refractivity contribution is 0.669. The number of aromatic nitrogens is 1. The van der Waals surface area contributed by atoms with Crippen molar-refractivity contribution >= 4 is 60.8 Å². The molecule has 0 aliphatic carbocycles. The summed E-state index contributed by atoms with van der Waals surface area (Å²) in [7, 11) is 0. The number of furan rings is 1. The highest BCUT2D eigenvalue weighted by Crippen LogP contribution is 2.44. The van der Waals surface area contributed by atoms with Crippen molar-refractivity contribution in [3.8, 4) is 50.2 Å². The first-order valence-electron chi connectivity index (χ1n) is 21.5. The Balaban J connectivity index is 0.992. The van der Waals surface area contributed by atoms with Crippen molar-refractivity contribution in [2.75, 3.05) is 4.90 Å². The predicted octanol–water partition coefficient (Wildman–Crippen LogP) is 16.8. The van der Waals surface area contributed by atoms with E-state index in [1.165, 1.54) is 38.5 Å². The van der Waals surface area contributed by atoms with Gasteiger partial charge in [0.2, 0.25) is 0 Å². The summed E-state index contributed by atoms with van der Waals surface area (Å²) in [5.74, 6) is 0. The van der Waals surface area contributed by atoms with Crippen LogP contribution in [0.4, 0.5) is 17.1 Å². The van der Waals surface area contributed by atoms with E-state index in [1.54, 1.807) is 0 Å². The molecule has 0 aliphatic rings. The molecular formula is C60H40N2O. The van der Waals surface area contributed by atoms with Crippen LogP contribution in [0.2, 0.25) is 0 Å². The minimum absolute atomic E-state index is 0.877. The first kappa shape index (κ1) is 36.5. The van der Waals surface area contributed by atoms with Gasteiger partial charge in [-0.25, -0.2) is 0 Å². The number of para-hydroxylation sites is 5. The quantitative estimate of drug-likeness (QED) is 0.153. The fourth-order valence-corrected chi connectivity index (χ4v) is 9.43. The lowest BCUT2D eigenvalue weighted by Crippen LogP contribution is -2.11. The molecule has 10 aromatic carbocycles. The largest absolute Gasteiger partial charge is 0.456 e. The smallest absolute Gasteiger partial charge is 0.136 e. The van der Waals surface area contributed by atoms with Crippen LogP contribution in [-0.2, 0) is 0 Å². The van der Waals surface area contributed by atoms with E-state index >= 15 is 0 Å². The van der Waals surface area contributed by atoms with Gasteiger partial charge in [-0.15, -0.1) is 0 Å². The van der Waals surface area contributed by atoms with Crippen LogP contribution in [0, 0.1) is 0 Å². The van der Waals surface area contributed by atoms with E-state index in [0.717, 1.165) is 72.5 Å². The molecule has 0 saturated heterocycles. The molecule has 296 valence electrons. The van der Waals surface area contributed by atoms with Crippen LogP contribution in [0.3, 0.4) is 0 Å². The van der Waals surface area contributed by atoms with Gasteiger partial charge in [-0.1, -0.05) is 176 Å². The van der Waals surface area contributed by atoms with E-state index < -0.39 is 0 Å². The Kier molecular flexibility index (Phi) is 8.83. The number of hydrogen-bond donors (Lipinski definition) is 0. The van der Waals surface area contributed by atoms with Crippen molar-refractivity contribution in [1.29, 1.82) is 0 Å². The second kappa shape index (κ2) is 15.3. The molecule has 0 spiro atoms. The molecule has 2 aromatic heterocycles. The molecule has 0 bridgehead atoms. The first-order valence-corrected chi connectivity index (χ1v) is 21.5. The third-order valence-corrected chi connectivity index (χ3v) is 12.4. The zero-order valence-corrected chi connectivity index (χ0v) is 34.4. The van der Waals surface area contributed by atoms with Crippen LogP contribution in [0.25, 0.3) is 93.9 Å². The number of anilines is 3. The van der Waals surface area contributed by atoms with Crippen molar-refractivity contribution in [1.82, 2.24) is 4.57 Å². The van der Waals surface area contributed by atoms with Crippen LogP contribution in [0.5, 0.6) is 0 Å². The van der Waals surface area contributed by atoms with Crippen LogP contribution in [-0.4, -0.2) is 4.57 Å². The van der Waals surface area contributed by atoms with Crippen molar-refractivity contribution in [2.24, 2.45) is 0 Å². The van der Waals surface area contributed by atoms with Gasteiger partial charge >= 0.3 is 0 Å². The maximum absolute atomic E-state index is 6.41. The van der Waals surface area contributed by atoms with Gasteiger partial charge in [0.15, 0.2) is 0 Å². The summed E-state index contributed by atoms with van der Waals surface area (Å²) in [6.07, 6.45) is 0. The van der Waals surface area contributed by atoms with Gasteiger partial charge in [0, 0.05) is 44.0 Å². The maximum Gasteiger partial charge on any atom is 0.136 e. The maximum atomic E-state index is 6.41. The zero-order chi connectivity index (χ0) is 41.7. The van der Waals surface area contributed by atoms with Gasteiger partial charge in [0.05, 0.1) is 22.4 Å². The summed E-state index contributed by atoms with van der Waals surface area (Å²) < 4.78 is 8.82. The molecule has 0 aliphatic heterocycles. The molecule has 3 nitrogen and oxygen atoms in total. The highest BCUT2D eigenvalue weighted by molar-refractivity contribution is 6.10. The van der Waals surface area contributed by atoms with Crippen LogP contribution in [0.1, 0.15) is 0 Å². The monoisotopic (exact) mass is 804 g/mol. The normalized spacial score (nSPS) is 11.5. The second-order valence-electron chi connectivity index (χ2n) is 16.1. The lowest BCUT2D eigenvalue weighted by atomic mass is 9.98. The number of benzene rings is 10. The third kappa shape index (κ3) is 6.38. The van der Waals surface area contributed by atoms with Crippen molar-refractivity contribution in [3.63, 3.8) is 0 Å². The molecule has 0 atom stereocenters. The molecule has 2 heterocycles. The molecule has 0 fully saturated rings. The van der Waals surface area contributed by atoms with Crippen molar-refractivity contribution < 1.29 is 4.42 Å². The third-order valence-electron chi connectivity index (χ3n) is 12.4. The molecular weight excluding hydrogens is 765 g/mol. The minimum atomic E-state index is 0.877. The first-order chi connectivity index (χ1) is 31.2. The number of hydrogen-bond acceptors (Lipinski definition) is 2. The summed E-state index contributed by atoms with van der Waals surface area (Å²) in [6.45, 7) is 0. The lowest BCUT2D eigenvalue weighted by Gasteiger charge is -2.28. The summed E-state index contributed by atoms with van der Waals surface area (Å²) in [5.41, 5.74) is 17.7. The van der Waals surface area contributed by atoms with Crippen LogP contribution in [0.15, 0.2) is 247 Å². The van der Waals surface area contributed by atoms with E-state index in [1.807, 2.05) is 12.1 Å². The van der Waals surface area contributed by atoms with Gasteiger partial charge in [-0.3, -0.25) is 0 Å². The fraction of sp³-hybridized carbons (Fsp3) is 0. The van der Waals surface area contributed by atoms with E-state index in [2.05, 4.69) is 240 Å². The predicted molar refractivity (Wildman–Crippen MR) is 264 cm³/mol. The molecule has 12 rings (SSSR count). The van der Waals surface area contributed by atoms with E-state index in [4.69, 9.17) is 4.42 Å². The van der Waals surface area contributed by atoms with Crippen molar-refractivity contribution in [3.05, 3.63) is 243 Å². The highest BCUT2D eigenvalue weighted by atomic mass is 16.3. The standard InChI is InChI=1S/C60H40N2O/c1-2-15-41(16-3-1)42-29-31-43(32-30-42)45-17-14-18-48(39-45)61(55-24-9-5-20-50(55)46-35-38-54-53-23-8-13-28-59(53)63-60(54)40-46)47-36-33-44(34-37-47)49-19-4-10-25-56(49)62-57-26-11-6-21-51(57)52-22-7-12-27-58(52)62/h1-40H. The Hall–Kier alpha value is -8.40. The van der Waals surface area contributed by atoms with Crippen LogP contribution < -0.4 is 4.90 Å². The van der Waals surface area contributed by atoms with Gasteiger partial charge in [-0.2, -0.15) is 0 Å². The van der Waals surface area contributed by atoms with E-state index in [9.17, 15) is 0 Å². The highest BCUT2D eigenvalue weighted by Gasteiger charge is 2.20. The SMILES string of the molecule is c1ccc(-c2ccc(-c3cccc(N(c4ccc(-c5ccccc5-n5c6ccccc6c6ccccc65)cc4)c4ccccc4-c4ccc5c(c4)oc4ccccc45)c3)cc2)cc1. The Morgan fingerprint density at radius 1 is 0.302 bits per heavy atom. The van der Waals surface area contributed by atoms with Crippen molar-refractivity contribution in [2.45, 2.75) is 0 Å². The average Bonchev–Trinajstić information content (AvgIpc) is 3.90. The molecule has 63 heavy (non-hydrogen) atoms.